The van der Waals surface area contributed by atoms with Crippen molar-refractivity contribution in [3.05, 3.63) is 0 Å². The van der Waals surface area contributed by atoms with E-state index < -0.39 is 12.0 Å². The number of amides is 2. The normalized spacial score (nSPS) is 30.9. The number of nitrogens with zero attached hydrogens (tertiary/aromatic N) is 1. The van der Waals surface area contributed by atoms with E-state index in [1.807, 2.05) is 6.92 Å². The molecule has 0 aromatic rings. The van der Waals surface area contributed by atoms with Crippen molar-refractivity contribution in [2.24, 2.45) is 11.8 Å². The van der Waals surface area contributed by atoms with Gasteiger partial charge < -0.3 is 5.11 Å². The largest absolute Gasteiger partial charge is 0.480 e. The first-order chi connectivity index (χ1) is 8.04. The Bertz CT molecular complexity index is 368. The molecule has 0 radical (unpaired) electrons. The quantitative estimate of drug-likeness (QED) is 0.646. The summed E-state index contributed by atoms with van der Waals surface area (Å²) >= 11 is 0. The van der Waals surface area contributed by atoms with Crippen molar-refractivity contribution >= 4 is 17.8 Å². The van der Waals surface area contributed by atoms with E-state index in [-0.39, 0.29) is 23.7 Å². The van der Waals surface area contributed by atoms with E-state index in [9.17, 15) is 14.4 Å². The van der Waals surface area contributed by atoms with Crippen LogP contribution in [0.25, 0.3) is 0 Å². The van der Waals surface area contributed by atoms with Crippen molar-refractivity contribution in [1.82, 2.24) is 10.2 Å². The van der Waals surface area contributed by atoms with Crippen LogP contribution in [0.5, 0.6) is 0 Å². The van der Waals surface area contributed by atoms with Gasteiger partial charge in [0.1, 0.15) is 6.04 Å². The lowest BCUT2D eigenvalue weighted by molar-refractivity contribution is -0.145. The molecule has 0 aromatic carbocycles. The molecular formula is C11H16N2O4. The van der Waals surface area contributed by atoms with Gasteiger partial charge in [-0.3, -0.25) is 24.6 Å². The van der Waals surface area contributed by atoms with Crippen molar-refractivity contribution in [3.63, 3.8) is 0 Å². The Morgan fingerprint density at radius 1 is 1.47 bits per heavy atom. The fourth-order valence-corrected chi connectivity index (χ4v) is 2.74. The molecule has 2 saturated heterocycles. The van der Waals surface area contributed by atoms with Gasteiger partial charge in [-0.05, 0) is 19.4 Å². The smallest absolute Gasteiger partial charge is 0.320 e. The van der Waals surface area contributed by atoms with Crippen molar-refractivity contribution in [2.45, 2.75) is 25.8 Å². The molecule has 2 N–H and O–H groups in total. The van der Waals surface area contributed by atoms with E-state index in [4.69, 9.17) is 5.11 Å². The molecule has 2 rings (SSSR count). The van der Waals surface area contributed by atoms with E-state index in [2.05, 4.69) is 5.32 Å². The number of likely N-dealkylation sites (tertiary alicyclic amines) is 1. The second kappa shape index (κ2) is 4.44. The summed E-state index contributed by atoms with van der Waals surface area (Å²) < 4.78 is 0. The number of rotatable bonds is 3. The molecule has 2 aliphatic heterocycles. The van der Waals surface area contributed by atoms with Gasteiger partial charge in [0.25, 0.3) is 0 Å². The Morgan fingerprint density at radius 3 is 2.71 bits per heavy atom. The molecule has 0 aromatic heterocycles. The van der Waals surface area contributed by atoms with Crippen LogP contribution in [0.1, 0.15) is 19.8 Å². The van der Waals surface area contributed by atoms with Gasteiger partial charge in [-0.1, -0.05) is 6.92 Å². The molecule has 0 spiro atoms. The molecule has 2 fully saturated rings. The van der Waals surface area contributed by atoms with Gasteiger partial charge in [-0.25, -0.2) is 0 Å². The third kappa shape index (κ3) is 2.04. The maximum absolute atomic E-state index is 11.5. The fourth-order valence-electron chi connectivity index (χ4n) is 2.74. The second-order valence-corrected chi connectivity index (χ2v) is 4.61. The summed E-state index contributed by atoms with van der Waals surface area (Å²) in [5, 5.41) is 11.4. The minimum atomic E-state index is -0.865. The molecule has 6 nitrogen and oxygen atoms in total. The lowest BCUT2D eigenvalue weighted by atomic mass is 9.87. The minimum absolute atomic E-state index is 0.206. The standard InChI is InChI=1S/C11H16N2O4/c1-2-8(11(16)17)13-4-3-6-7(5-13)10(15)12-9(6)14/h6-8H,2-5H2,1H3,(H,16,17)(H,12,14,15)/t6-,7+,8+/m0/s1. The average molecular weight is 240 g/mol. The summed E-state index contributed by atoms with van der Waals surface area (Å²) in [7, 11) is 0. The Labute approximate surface area is 99.0 Å². The molecule has 3 atom stereocenters. The van der Waals surface area contributed by atoms with Gasteiger partial charge in [0.2, 0.25) is 11.8 Å². The number of fused-ring (bicyclic) bond motifs is 1. The second-order valence-electron chi connectivity index (χ2n) is 4.61. The Balaban J connectivity index is 2.09. The monoisotopic (exact) mass is 240 g/mol. The van der Waals surface area contributed by atoms with E-state index in [0.717, 1.165) is 0 Å². The van der Waals surface area contributed by atoms with E-state index in [1.165, 1.54) is 0 Å². The van der Waals surface area contributed by atoms with Crippen molar-refractivity contribution < 1.29 is 19.5 Å². The lowest BCUT2D eigenvalue weighted by Crippen LogP contribution is -2.49. The Morgan fingerprint density at radius 2 is 2.12 bits per heavy atom. The summed E-state index contributed by atoms with van der Waals surface area (Å²) in [6, 6.07) is -0.556. The Hall–Kier alpha value is -1.43. The van der Waals surface area contributed by atoms with Crippen LogP contribution in [-0.4, -0.2) is 46.9 Å². The van der Waals surface area contributed by atoms with Crippen molar-refractivity contribution in [2.75, 3.05) is 13.1 Å². The molecule has 17 heavy (non-hydrogen) atoms. The molecule has 2 amide bonds. The highest BCUT2D eigenvalue weighted by Crippen LogP contribution is 2.29. The number of aliphatic carboxylic acids is 1. The summed E-state index contributed by atoms with van der Waals surface area (Å²) in [5.74, 6) is -1.96. The third-order valence-corrected chi connectivity index (χ3v) is 3.68. The number of carbonyl (C=O) groups excluding carboxylic acids is 2. The molecule has 2 aliphatic rings. The number of carboxylic acid groups (broad SMARTS) is 1. The number of nitrogens with one attached hydrogen (secondary N) is 1. The maximum Gasteiger partial charge on any atom is 0.320 e. The predicted octanol–water partition coefficient (Wildman–Crippen LogP) is -0.556. The van der Waals surface area contributed by atoms with E-state index in [1.54, 1.807) is 4.90 Å². The van der Waals surface area contributed by atoms with E-state index >= 15 is 0 Å². The van der Waals surface area contributed by atoms with Crippen molar-refractivity contribution in [1.29, 1.82) is 0 Å². The first-order valence-corrected chi connectivity index (χ1v) is 5.86. The molecule has 0 aliphatic carbocycles. The topological polar surface area (TPSA) is 86.7 Å². The van der Waals surface area contributed by atoms with Crippen LogP contribution in [0.4, 0.5) is 0 Å². The first-order valence-electron chi connectivity index (χ1n) is 5.86. The zero-order valence-corrected chi connectivity index (χ0v) is 9.68. The van der Waals surface area contributed by atoms with Gasteiger partial charge in [0.15, 0.2) is 0 Å². The number of piperidine rings is 1. The number of hydrogen-bond donors (Lipinski definition) is 2. The molecular weight excluding hydrogens is 224 g/mol. The third-order valence-electron chi connectivity index (χ3n) is 3.68. The summed E-state index contributed by atoms with van der Waals surface area (Å²) in [6.45, 7) is 2.74. The van der Waals surface area contributed by atoms with Crippen LogP contribution < -0.4 is 5.32 Å². The van der Waals surface area contributed by atoms with Crippen LogP contribution in [0, 0.1) is 11.8 Å². The number of hydrogen-bond acceptors (Lipinski definition) is 4. The van der Waals surface area contributed by atoms with Gasteiger partial charge in [-0.15, -0.1) is 0 Å². The summed E-state index contributed by atoms with van der Waals surface area (Å²) in [5.41, 5.74) is 0. The highest BCUT2D eigenvalue weighted by molar-refractivity contribution is 6.05. The zero-order chi connectivity index (χ0) is 12.6. The molecule has 6 heteroatoms. The zero-order valence-electron chi connectivity index (χ0n) is 9.68. The fraction of sp³-hybridized carbons (Fsp3) is 0.727. The highest BCUT2D eigenvalue weighted by atomic mass is 16.4. The van der Waals surface area contributed by atoms with Gasteiger partial charge in [-0.2, -0.15) is 0 Å². The summed E-state index contributed by atoms with van der Waals surface area (Å²) in [6.07, 6.45) is 1.06. The van der Waals surface area contributed by atoms with Gasteiger partial charge in [0, 0.05) is 6.54 Å². The van der Waals surface area contributed by atoms with Gasteiger partial charge in [0.05, 0.1) is 11.8 Å². The molecule has 94 valence electrons. The Kier molecular flexibility index (Phi) is 3.15. The highest BCUT2D eigenvalue weighted by Gasteiger charge is 2.46. The van der Waals surface area contributed by atoms with Crippen LogP contribution in [-0.2, 0) is 14.4 Å². The molecule has 0 bridgehead atoms. The summed E-state index contributed by atoms with van der Waals surface area (Å²) in [4.78, 5) is 35.8. The number of carboxylic acids is 1. The number of imide groups is 1. The molecule has 0 saturated carbocycles. The number of carbonyl (C=O) groups is 3. The van der Waals surface area contributed by atoms with Gasteiger partial charge >= 0.3 is 5.97 Å². The van der Waals surface area contributed by atoms with E-state index in [0.29, 0.717) is 25.9 Å². The molecule has 0 unspecified atom stereocenters. The van der Waals surface area contributed by atoms with Crippen LogP contribution in [0.15, 0.2) is 0 Å². The van der Waals surface area contributed by atoms with Crippen LogP contribution in [0.2, 0.25) is 0 Å². The molecule has 2 heterocycles. The first kappa shape index (κ1) is 12.0. The maximum atomic E-state index is 11.5. The lowest BCUT2D eigenvalue weighted by Gasteiger charge is -2.35. The minimum Gasteiger partial charge on any atom is -0.480 e. The van der Waals surface area contributed by atoms with Crippen molar-refractivity contribution in [3.8, 4) is 0 Å². The SMILES string of the molecule is CC[C@H](C(=O)O)N1CC[C@@H]2C(=O)NC(=O)[C@@H]2C1. The van der Waals surface area contributed by atoms with Crippen LogP contribution >= 0.6 is 0 Å². The average Bonchev–Trinajstić information content (AvgIpc) is 2.55. The van der Waals surface area contributed by atoms with Crippen LogP contribution in [0.3, 0.4) is 0 Å². The predicted molar refractivity (Wildman–Crippen MR) is 58.0 cm³/mol.